The Labute approximate surface area is 187 Å². The first kappa shape index (κ1) is 21.9. The number of piperidine rings is 1. The number of hydrogen-bond acceptors (Lipinski definition) is 5. The number of carbonyl (C=O) groups is 2. The molecule has 2 amide bonds. The molecule has 8 heteroatoms. The van der Waals surface area contributed by atoms with Crippen molar-refractivity contribution in [3.63, 3.8) is 0 Å². The number of aromatic nitrogens is 1. The summed E-state index contributed by atoms with van der Waals surface area (Å²) >= 11 is 0. The molecule has 0 aliphatic carbocycles. The van der Waals surface area contributed by atoms with E-state index in [1.807, 2.05) is 27.7 Å². The fraction of sp³-hybridized carbons (Fsp3) is 0.458. The number of pyridine rings is 1. The molecule has 2 aliphatic heterocycles. The normalized spacial score (nSPS) is 19.1. The Balaban J connectivity index is 1.29. The Kier molecular flexibility index (Phi) is 6.48. The van der Waals surface area contributed by atoms with Crippen molar-refractivity contribution in [1.29, 1.82) is 0 Å². The fourth-order valence-electron chi connectivity index (χ4n) is 4.74. The Morgan fingerprint density at radius 2 is 1.78 bits per heavy atom. The molecule has 2 atom stereocenters. The zero-order valence-corrected chi connectivity index (χ0v) is 18.5. The molecule has 0 saturated carbocycles. The summed E-state index contributed by atoms with van der Waals surface area (Å²) < 4.78 is 12.3. The lowest BCUT2D eigenvalue weighted by Gasteiger charge is -2.42. The number of hydrogen-bond donors (Lipinski definition) is 1. The predicted molar refractivity (Wildman–Crippen MR) is 119 cm³/mol. The van der Waals surface area contributed by atoms with Crippen molar-refractivity contribution in [2.45, 2.75) is 38.3 Å². The monoisotopic (exact) mass is 439 g/mol. The molecule has 1 fully saturated rings. The molecule has 170 valence electrons. The first-order valence-electron chi connectivity index (χ1n) is 10.9. The van der Waals surface area contributed by atoms with Crippen molar-refractivity contribution in [2.75, 3.05) is 27.3 Å². The molecule has 2 bridgehead atoms. The summed E-state index contributed by atoms with van der Waals surface area (Å²) in [5.41, 5.74) is 1.90. The van der Waals surface area contributed by atoms with Crippen molar-refractivity contribution < 1.29 is 19.1 Å². The van der Waals surface area contributed by atoms with Crippen LogP contribution in [0, 0.1) is 5.92 Å². The topological polar surface area (TPSA) is 89.9 Å². The first-order valence-corrected chi connectivity index (χ1v) is 10.9. The molecule has 0 spiro atoms. The number of methoxy groups -OCH3 is 2. The van der Waals surface area contributed by atoms with Crippen LogP contribution in [0.25, 0.3) is 0 Å². The molecule has 1 N–H and O–H groups in total. The summed E-state index contributed by atoms with van der Waals surface area (Å²) in [6.07, 6.45) is 1.31. The molecule has 2 aliphatic rings. The van der Waals surface area contributed by atoms with E-state index < -0.39 is 0 Å². The van der Waals surface area contributed by atoms with E-state index >= 15 is 0 Å². The van der Waals surface area contributed by atoms with Crippen LogP contribution in [-0.4, -0.2) is 48.6 Å². The Morgan fingerprint density at radius 1 is 1.03 bits per heavy atom. The van der Waals surface area contributed by atoms with Gasteiger partial charge in [-0.05, 0) is 36.1 Å². The second-order valence-electron chi connectivity index (χ2n) is 8.49. The van der Waals surface area contributed by atoms with E-state index in [9.17, 15) is 14.4 Å². The maximum atomic E-state index is 12.8. The highest BCUT2D eigenvalue weighted by Crippen LogP contribution is 2.35. The van der Waals surface area contributed by atoms with Crippen LogP contribution in [0.2, 0.25) is 0 Å². The average molecular weight is 440 g/mol. The summed E-state index contributed by atoms with van der Waals surface area (Å²) in [5, 5.41) is 2.86. The predicted octanol–water partition coefficient (Wildman–Crippen LogP) is 1.91. The maximum absolute atomic E-state index is 12.8. The molecule has 0 radical (unpaired) electrons. The van der Waals surface area contributed by atoms with Gasteiger partial charge in [-0.25, -0.2) is 0 Å². The molecular formula is C24H29N3O5. The third-order valence-corrected chi connectivity index (χ3v) is 6.30. The molecular weight excluding hydrogens is 410 g/mol. The Hall–Kier alpha value is -3.29. The van der Waals surface area contributed by atoms with Gasteiger partial charge in [0.1, 0.15) is 11.5 Å². The molecule has 1 saturated heterocycles. The highest BCUT2D eigenvalue weighted by Gasteiger charge is 2.36. The van der Waals surface area contributed by atoms with Gasteiger partial charge in [0.2, 0.25) is 11.8 Å². The Morgan fingerprint density at radius 3 is 2.50 bits per heavy atom. The molecule has 2 aromatic rings. The number of nitrogens with one attached hydrogen (secondary N) is 1. The van der Waals surface area contributed by atoms with Gasteiger partial charge in [-0.15, -0.1) is 0 Å². The number of rotatable bonds is 7. The second kappa shape index (κ2) is 9.46. The third kappa shape index (κ3) is 4.79. The molecule has 8 nitrogen and oxygen atoms in total. The van der Waals surface area contributed by atoms with Gasteiger partial charge in [-0.1, -0.05) is 6.07 Å². The van der Waals surface area contributed by atoms with Gasteiger partial charge in [0.15, 0.2) is 0 Å². The number of ether oxygens (including phenoxy) is 2. The molecule has 1 aromatic heterocycles. The van der Waals surface area contributed by atoms with Crippen LogP contribution in [0.1, 0.15) is 36.4 Å². The molecule has 1 aromatic carbocycles. The average Bonchev–Trinajstić information content (AvgIpc) is 2.81. The van der Waals surface area contributed by atoms with Gasteiger partial charge in [0, 0.05) is 62.8 Å². The number of benzene rings is 1. The minimum atomic E-state index is -0.172. The van der Waals surface area contributed by atoms with Crippen LogP contribution < -0.4 is 20.3 Å². The highest BCUT2D eigenvalue weighted by molar-refractivity contribution is 5.83. The number of fused-ring (bicyclic) bond motifs is 4. The van der Waals surface area contributed by atoms with Crippen LogP contribution >= 0.6 is 0 Å². The second-order valence-corrected chi connectivity index (χ2v) is 8.49. The fourth-order valence-corrected chi connectivity index (χ4v) is 4.74. The maximum Gasteiger partial charge on any atom is 0.250 e. The number of nitrogens with zero attached hydrogens (tertiary/aromatic N) is 2. The molecule has 32 heavy (non-hydrogen) atoms. The van der Waals surface area contributed by atoms with E-state index in [1.54, 1.807) is 32.4 Å². The summed E-state index contributed by atoms with van der Waals surface area (Å²) in [6.45, 7) is 2.23. The number of amides is 2. The van der Waals surface area contributed by atoms with Crippen LogP contribution in [0.4, 0.5) is 0 Å². The quantitative estimate of drug-likeness (QED) is 0.712. The standard InChI is InChI=1S/C24H29N3O5/c1-31-19-9-16(10-20(11-19)32-2)12-25-22(28)6-7-23(29)26-13-17-8-18(15-26)21-4-3-5-24(30)27(21)14-17/h3-5,9-11,17-18H,6-8,12-15H2,1-2H3,(H,25,28)/t17-,18+/m0/s1. The van der Waals surface area contributed by atoms with Gasteiger partial charge in [-0.3, -0.25) is 14.4 Å². The molecule has 0 unspecified atom stereocenters. The first-order chi connectivity index (χ1) is 15.5. The SMILES string of the molecule is COc1cc(CNC(=O)CCC(=O)N2C[C@@H]3C[C@H](C2)c2cccc(=O)n2C3)cc(OC)c1. The summed E-state index contributed by atoms with van der Waals surface area (Å²) in [6, 6.07) is 10.8. The lowest BCUT2D eigenvalue weighted by Crippen LogP contribution is -2.49. The summed E-state index contributed by atoms with van der Waals surface area (Å²) in [5.74, 6) is 1.59. The lowest BCUT2D eigenvalue weighted by molar-refractivity contribution is -0.136. The lowest BCUT2D eigenvalue weighted by atomic mass is 9.83. The van der Waals surface area contributed by atoms with Gasteiger partial charge in [-0.2, -0.15) is 0 Å². The van der Waals surface area contributed by atoms with E-state index in [-0.39, 0.29) is 42.1 Å². The van der Waals surface area contributed by atoms with Crippen molar-refractivity contribution in [3.05, 3.63) is 58.0 Å². The van der Waals surface area contributed by atoms with Crippen molar-refractivity contribution in [1.82, 2.24) is 14.8 Å². The van der Waals surface area contributed by atoms with Crippen LogP contribution in [0.15, 0.2) is 41.2 Å². The van der Waals surface area contributed by atoms with Gasteiger partial charge in [0.25, 0.3) is 5.56 Å². The smallest absolute Gasteiger partial charge is 0.250 e. The van der Waals surface area contributed by atoms with Crippen molar-refractivity contribution in [3.8, 4) is 11.5 Å². The largest absolute Gasteiger partial charge is 0.497 e. The molecule has 3 heterocycles. The van der Waals surface area contributed by atoms with Crippen molar-refractivity contribution in [2.24, 2.45) is 5.92 Å². The number of likely N-dealkylation sites (tertiary alicyclic amines) is 1. The Bertz CT molecular complexity index is 1040. The van der Waals surface area contributed by atoms with Crippen LogP contribution in [-0.2, 0) is 22.7 Å². The third-order valence-electron chi connectivity index (χ3n) is 6.30. The van der Waals surface area contributed by atoms with Crippen LogP contribution in [0.3, 0.4) is 0 Å². The minimum Gasteiger partial charge on any atom is -0.497 e. The summed E-state index contributed by atoms with van der Waals surface area (Å²) in [7, 11) is 3.16. The van der Waals surface area contributed by atoms with E-state index in [1.165, 1.54) is 0 Å². The van der Waals surface area contributed by atoms with E-state index in [4.69, 9.17) is 9.47 Å². The minimum absolute atomic E-state index is 0.00960. The van der Waals surface area contributed by atoms with Crippen LogP contribution in [0.5, 0.6) is 11.5 Å². The summed E-state index contributed by atoms with van der Waals surface area (Å²) in [4.78, 5) is 39.1. The highest BCUT2D eigenvalue weighted by atomic mass is 16.5. The van der Waals surface area contributed by atoms with E-state index in [0.29, 0.717) is 37.7 Å². The van der Waals surface area contributed by atoms with E-state index in [0.717, 1.165) is 17.7 Å². The zero-order valence-electron chi connectivity index (χ0n) is 18.5. The number of carbonyl (C=O) groups excluding carboxylic acids is 2. The van der Waals surface area contributed by atoms with Gasteiger partial charge < -0.3 is 24.3 Å². The molecule has 4 rings (SSSR count). The van der Waals surface area contributed by atoms with Crippen molar-refractivity contribution >= 4 is 11.8 Å². The van der Waals surface area contributed by atoms with Gasteiger partial charge in [0.05, 0.1) is 14.2 Å². The van der Waals surface area contributed by atoms with E-state index in [2.05, 4.69) is 5.32 Å². The van der Waals surface area contributed by atoms with Gasteiger partial charge >= 0.3 is 0 Å². The zero-order chi connectivity index (χ0) is 22.7.